The molecule has 2 aromatic rings. The molecule has 1 aromatic heterocycles. The van der Waals surface area contributed by atoms with E-state index in [4.69, 9.17) is 10.5 Å². The van der Waals surface area contributed by atoms with E-state index in [1.165, 1.54) is 0 Å². The van der Waals surface area contributed by atoms with Crippen molar-refractivity contribution in [3.05, 3.63) is 42.2 Å². The maximum atomic E-state index is 5.53. The number of nitrogen functional groups attached to an aromatic ring is 1. The Labute approximate surface area is 106 Å². The van der Waals surface area contributed by atoms with E-state index < -0.39 is 0 Å². The predicted molar refractivity (Wildman–Crippen MR) is 71.5 cm³/mol. The van der Waals surface area contributed by atoms with Gasteiger partial charge in [0, 0.05) is 0 Å². The molecule has 0 spiro atoms. The number of methoxy groups -OCH3 is 1. The first-order chi connectivity index (χ1) is 8.69. The molecule has 3 N–H and O–H groups in total. The van der Waals surface area contributed by atoms with Gasteiger partial charge in [-0.3, -0.25) is 0 Å². The summed E-state index contributed by atoms with van der Waals surface area (Å²) in [5.74, 6) is 1.40. The lowest BCUT2D eigenvalue weighted by Gasteiger charge is -2.14. The van der Waals surface area contributed by atoms with Crippen LogP contribution in [0.3, 0.4) is 0 Å². The van der Waals surface area contributed by atoms with Crippen molar-refractivity contribution in [3.8, 4) is 5.75 Å². The second kappa shape index (κ2) is 5.35. The molecule has 1 heterocycles. The average Bonchev–Trinajstić information content (AvgIpc) is 2.41. The maximum absolute atomic E-state index is 5.53. The van der Waals surface area contributed by atoms with Crippen LogP contribution in [0.5, 0.6) is 5.75 Å². The Kier molecular flexibility index (Phi) is 3.62. The molecular weight excluding hydrogens is 228 g/mol. The quantitative estimate of drug-likeness (QED) is 0.862. The normalized spacial score (nSPS) is 11.9. The third kappa shape index (κ3) is 2.88. The third-order valence-electron chi connectivity index (χ3n) is 2.63. The molecule has 0 bridgehead atoms. The summed E-state index contributed by atoms with van der Waals surface area (Å²) in [6.45, 7) is 2.04. The number of aromatic nitrogens is 2. The number of nitrogens with two attached hydrogens (primary N) is 1. The van der Waals surface area contributed by atoms with Gasteiger partial charge in [-0.25, -0.2) is 9.97 Å². The molecule has 2 rings (SSSR count). The summed E-state index contributed by atoms with van der Waals surface area (Å²) in [7, 11) is 1.65. The Bertz CT molecular complexity index is 495. The lowest BCUT2D eigenvalue weighted by Crippen LogP contribution is -2.09. The molecule has 1 aromatic carbocycles. The van der Waals surface area contributed by atoms with Crippen molar-refractivity contribution in [1.82, 2.24) is 9.97 Å². The van der Waals surface area contributed by atoms with E-state index in [-0.39, 0.29) is 6.04 Å². The van der Waals surface area contributed by atoms with Gasteiger partial charge >= 0.3 is 0 Å². The summed E-state index contributed by atoms with van der Waals surface area (Å²) >= 11 is 0. The van der Waals surface area contributed by atoms with Crippen molar-refractivity contribution >= 4 is 11.6 Å². The van der Waals surface area contributed by atoms with Crippen molar-refractivity contribution < 1.29 is 4.74 Å². The van der Waals surface area contributed by atoms with E-state index in [0.717, 1.165) is 11.3 Å². The molecule has 1 unspecified atom stereocenters. The lowest BCUT2D eigenvalue weighted by atomic mass is 10.1. The van der Waals surface area contributed by atoms with Crippen LogP contribution in [0.15, 0.2) is 36.7 Å². The van der Waals surface area contributed by atoms with Crippen LogP contribution < -0.4 is 15.8 Å². The maximum Gasteiger partial charge on any atom is 0.223 e. The van der Waals surface area contributed by atoms with Gasteiger partial charge in [0.15, 0.2) is 0 Å². The van der Waals surface area contributed by atoms with Crippen LogP contribution in [0.25, 0.3) is 0 Å². The molecule has 0 radical (unpaired) electrons. The van der Waals surface area contributed by atoms with Gasteiger partial charge in [0.1, 0.15) is 5.75 Å². The minimum absolute atomic E-state index is 0.111. The predicted octanol–water partition coefficient (Wildman–Crippen LogP) is 2.24. The Morgan fingerprint density at radius 1 is 1.17 bits per heavy atom. The van der Waals surface area contributed by atoms with Crippen LogP contribution in [-0.2, 0) is 0 Å². The highest BCUT2D eigenvalue weighted by atomic mass is 16.5. The molecule has 0 aliphatic rings. The fraction of sp³-hybridized carbons (Fsp3) is 0.231. The summed E-state index contributed by atoms with van der Waals surface area (Å²) in [5.41, 5.74) is 7.22. The Morgan fingerprint density at radius 3 is 2.33 bits per heavy atom. The van der Waals surface area contributed by atoms with Crippen LogP contribution in [-0.4, -0.2) is 17.1 Å². The van der Waals surface area contributed by atoms with Crippen LogP contribution in [0.2, 0.25) is 0 Å². The van der Waals surface area contributed by atoms with Gasteiger partial charge in [-0.05, 0) is 24.6 Å². The summed E-state index contributed by atoms with van der Waals surface area (Å²) in [6, 6.07) is 7.98. The van der Waals surface area contributed by atoms with Gasteiger partial charge in [0.2, 0.25) is 5.95 Å². The van der Waals surface area contributed by atoms with Crippen LogP contribution in [0.4, 0.5) is 11.6 Å². The van der Waals surface area contributed by atoms with Gasteiger partial charge in [-0.2, -0.15) is 0 Å². The highest BCUT2D eigenvalue weighted by molar-refractivity contribution is 5.38. The van der Waals surface area contributed by atoms with Crippen molar-refractivity contribution in [2.75, 3.05) is 18.2 Å². The topological polar surface area (TPSA) is 73.1 Å². The Balaban J connectivity index is 2.06. The molecule has 18 heavy (non-hydrogen) atoms. The SMILES string of the molecule is COc1ccc(C(C)Nc2ncc(N)cn2)cc1. The minimum Gasteiger partial charge on any atom is -0.497 e. The molecule has 0 saturated heterocycles. The number of ether oxygens (including phenoxy) is 1. The zero-order chi connectivity index (χ0) is 13.0. The number of benzene rings is 1. The van der Waals surface area contributed by atoms with E-state index in [2.05, 4.69) is 15.3 Å². The highest BCUT2D eigenvalue weighted by Gasteiger charge is 2.06. The van der Waals surface area contributed by atoms with Crippen molar-refractivity contribution in [2.45, 2.75) is 13.0 Å². The number of nitrogens with zero attached hydrogens (tertiary/aromatic N) is 2. The number of hydrogen-bond acceptors (Lipinski definition) is 5. The van der Waals surface area contributed by atoms with Gasteiger partial charge in [-0.1, -0.05) is 12.1 Å². The molecule has 0 fully saturated rings. The number of rotatable bonds is 4. The largest absolute Gasteiger partial charge is 0.497 e. The van der Waals surface area contributed by atoms with Gasteiger partial charge in [0.25, 0.3) is 0 Å². The van der Waals surface area contributed by atoms with Crippen LogP contribution in [0, 0.1) is 0 Å². The number of nitrogens with one attached hydrogen (secondary N) is 1. The van der Waals surface area contributed by atoms with Crippen molar-refractivity contribution in [1.29, 1.82) is 0 Å². The Morgan fingerprint density at radius 2 is 1.78 bits per heavy atom. The standard InChI is InChI=1S/C13H16N4O/c1-9(10-3-5-12(18-2)6-4-10)17-13-15-7-11(14)8-16-13/h3-9H,14H2,1-2H3,(H,15,16,17). The fourth-order valence-corrected chi connectivity index (χ4v) is 1.58. The van der Waals surface area contributed by atoms with E-state index >= 15 is 0 Å². The average molecular weight is 244 g/mol. The van der Waals surface area contributed by atoms with E-state index in [1.807, 2.05) is 31.2 Å². The van der Waals surface area contributed by atoms with Gasteiger partial charge in [-0.15, -0.1) is 0 Å². The van der Waals surface area contributed by atoms with E-state index in [0.29, 0.717) is 11.6 Å². The van der Waals surface area contributed by atoms with Gasteiger partial charge < -0.3 is 15.8 Å². The zero-order valence-corrected chi connectivity index (χ0v) is 10.4. The summed E-state index contributed by atoms with van der Waals surface area (Å²) < 4.78 is 5.12. The summed E-state index contributed by atoms with van der Waals surface area (Å²) in [5, 5.41) is 3.20. The fourth-order valence-electron chi connectivity index (χ4n) is 1.58. The minimum atomic E-state index is 0.111. The first-order valence-corrected chi connectivity index (χ1v) is 5.67. The van der Waals surface area contributed by atoms with E-state index in [9.17, 15) is 0 Å². The van der Waals surface area contributed by atoms with Gasteiger partial charge in [0.05, 0.1) is 31.2 Å². The molecule has 0 saturated carbocycles. The van der Waals surface area contributed by atoms with E-state index in [1.54, 1.807) is 19.5 Å². The third-order valence-corrected chi connectivity index (χ3v) is 2.63. The van der Waals surface area contributed by atoms with Crippen LogP contribution in [0.1, 0.15) is 18.5 Å². The second-order valence-electron chi connectivity index (χ2n) is 3.98. The number of anilines is 2. The van der Waals surface area contributed by atoms with Crippen LogP contribution >= 0.6 is 0 Å². The molecule has 94 valence electrons. The number of hydrogen-bond donors (Lipinski definition) is 2. The second-order valence-corrected chi connectivity index (χ2v) is 3.98. The van der Waals surface area contributed by atoms with Crippen molar-refractivity contribution in [2.24, 2.45) is 0 Å². The Hall–Kier alpha value is -2.30. The molecule has 5 heteroatoms. The molecule has 0 aliphatic heterocycles. The smallest absolute Gasteiger partial charge is 0.223 e. The summed E-state index contributed by atoms with van der Waals surface area (Å²) in [4.78, 5) is 8.21. The van der Waals surface area contributed by atoms with Crippen molar-refractivity contribution in [3.63, 3.8) is 0 Å². The monoisotopic (exact) mass is 244 g/mol. The molecular formula is C13H16N4O. The molecule has 0 amide bonds. The summed E-state index contributed by atoms with van der Waals surface area (Å²) in [6.07, 6.45) is 3.16. The lowest BCUT2D eigenvalue weighted by molar-refractivity contribution is 0.414. The highest BCUT2D eigenvalue weighted by Crippen LogP contribution is 2.19. The molecule has 0 aliphatic carbocycles. The first kappa shape index (κ1) is 12.2. The molecule has 5 nitrogen and oxygen atoms in total. The molecule has 1 atom stereocenters. The first-order valence-electron chi connectivity index (χ1n) is 5.67. The zero-order valence-electron chi connectivity index (χ0n) is 10.4.